The molecule has 0 spiro atoms. The number of nitrogens with zero attached hydrogens (tertiary/aromatic N) is 1. The SMILES string of the molecule is CCCCN(CC1CCCN1)C1CC(OCC)C1. The van der Waals surface area contributed by atoms with Gasteiger partial charge in [0.05, 0.1) is 6.10 Å². The van der Waals surface area contributed by atoms with Crippen molar-refractivity contribution in [3.05, 3.63) is 0 Å². The first-order chi connectivity index (χ1) is 8.83. The van der Waals surface area contributed by atoms with Gasteiger partial charge in [-0.3, -0.25) is 4.90 Å². The lowest BCUT2D eigenvalue weighted by molar-refractivity contribution is -0.0482. The van der Waals surface area contributed by atoms with Crippen LogP contribution in [-0.4, -0.2) is 49.3 Å². The van der Waals surface area contributed by atoms with Gasteiger partial charge in [-0.2, -0.15) is 0 Å². The van der Waals surface area contributed by atoms with Crippen molar-refractivity contribution in [2.24, 2.45) is 0 Å². The molecule has 1 atom stereocenters. The van der Waals surface area contributed by atoms with E-state index in [0.717, 1.165) is 18.7 Å². The van der Waals surface area contributed by atoms with Crippen molar-refractivity contribution in [2.75, 3.05) is 26.2 Å². The van der Waals surface area contributed by atoms with Crippen LogP contribution in [0.1, 0.15) is 52.4 Å². The Labute approximate surface area is 112 Å². The number of ether oxygens (including phenoxy) is 1. The minimum atomic E-state index is 0.542. The molecular weight excluding hydrogens is 224 g/mol. The zero-order valence-corrected chi connectivity index (χ0v) is 12.2. The fourth-order valence-electron chi connectivity index (χ4n) is 3.19. The molecule has 2 fully saturated rings. The zero-order valence-electron chi connectivity index (χ0n) is 12.2. The molecule has 2 aliphatic rings. The second kappa shape index (κ2) is 7.46. The molecule has 3 nitrogen and oxygen atoms in total. The Bertz CT molecular complexity index is 223. The van der Waals surface area contributed by atoms with Gasteiger partial charge in [0.15, 0.2) is 0 Å². The fraction of sp³-hybridized carbons (Fsp3) is 1.00. The van der Waals surface area contributed by atoms with Crippen molar-refractivity contribution in [3.8, 4) is 0 Å². The lowest BCUT2D eigenvalue weighted by Gasteiger charge is -2.43. The van der Waals surface area contributed by atoms with Crippen molar-refractivity contribution in [2.45, 2.75) is 70.6 Å². The van der Waals surface area contributed by atoms with Gasteiger partial charge in [0.25, 0.3) is 0 Å². The van der Waals surface area contributed by atoms with Gasteiger partial charge < -0.3 is 10.1 Å². The van der Waals surface area contributed by atoms with Gasteiger partial charge in [0, 0.05) is 25.2 Å². The second-order valence-corrected chi connectivity index (χ2v) is 5.84. The van der Waals surface area contributed by atoms with Gasteiger partial charge in [-0.1, -0.05) is 13.3 Å². The van der Waals surface area contributed by atoms with Gasteiger partial charge in [-0.05, 0) is 52.1 Å². The highest BCUT2D eigenvalue weighted by Crippen LogP contribution is 2.29. The minimum Gasteiger partial charge on any atom is -0.378 e. The van der Waals surface area contributed by atoms with Crippen LogP contribution in [0.5, 0.6) is 0 Å². The van der Waals surface area contributed by atoms with Crippen molar-refractivity contribution in [1.82, 2.24) is 10.2 Å². The maximum atomic E-state index is 5.69. The van der Waals surface area contributed by atoms with Crippen LogP contribution in [0, 0.1) is 0 Å². The van der Waals surface area contributed by atoms with E-state index in [-0.39, 0.29) is 0 Å². The van der Waals surface area contributed by atoms with E-state index in [1.54, 1.807) is 0 Å². The average Bonchev–Trinajstić information content (AvgIpc) is 2.82. The monoisotopic (exact) mass is 254 g/mol. The number of rotatable bonds is 8. The molecule has 0 aromatic heterocycles. The van der Waals surface area contributed by atoms with E-state index >= 15 is 0 Å². The largest absolute Gasteiger partial charge is 0.378 e. The highest BCUT2D eigenvalue weighted by Gasteiger charge is 2.34. The van der Waals surface area contributed by atoms with Crippen LogP contribution in [0.4, 0.5) is 0 Å². The van der Waals surface area contributed by atoms with E-state index in [2.05, 4.69) is 24.1 Å². The van der Waals surface area contributed by atoms with Crippen molar-refractivity contribution >= 4 is 0 Å². The normalized spacial score (nSPS) is 31.8. The fourth-order valence-corrected chi connectivity index (χ4v) is 3.19. The van der Waals surface area contributed by atoms with E-state index < -0.39 is 0 Å². The molecule has 18 heavy (non-hydrogen) atoms. The predicted molar refractivity (Wildman–Crippen MR) is 75.9 cm³/mol. The van der Waals surface area contributed by atoms with Crippen LogP contribution in [0.15, 0.2) is 0 Å². The molecule has 0 amide bonds. The lowest BCUT2D eigenvalue weighted by atomic mass is 9.87. The Hall–Kier alpha value is -0.120. The standard InChI is InChI=1S/C15H30N2O/c1-3-5-9-17(12-13-7-6-8-16-13)14-10-15(11-14)18-4-2/h13-16H,3-12H2,1-2H3. The maximum Gasteiger partial charge on any atom is 0.0604 e. The quantitative estimate of drug-likeness (QED) is 0.720. The van der Waals surface area contributed by atoms with E-state index in [1.807, 2.05) is 0 Å². The van der Waals surface area contributed by atoms with E-state index in [0.29, 0.717) is 6.10 Å². The van der Waals surface area contributed by atoms with Gasteiger partial charge in [-0.25, -0.2) is 0 Å². The van der Waals surface area contributed by atoms with Crippen molar-refractivity contribution < 1.29 is 4.74 Å². The Morgan fingerprint density at radius 2 is 2.11 bits per heavy atom. The number of nitrogens with one attached hydrogen (secondary N) is 1. The molecule has 2 rings (SSSR count). The second-order valence-electron chi connectivity index (χ2n) is 5.84. The van der Waals surface area contributed by atoms with Crippen molar-refractivity contribution in [1.29, 1.82) is 0 Å². The molecule has 0 aromatic rings. The molecular formula is C15H30N2O. The van der Waals surface area contributed by atoms with E-state index in [1.165, 1.54) is 58.2 Å². The average molecular weight is 254 g/mol. The summed E-state index contributed by atoms with van der Waals surface area (Å²) in [6.07, 6.45) is 8.41. The van der Waals surface area contributed by atoms with Crippen molar-refractivity contribution in [3.63, 3.8) is 0 Å². The number of hydrogen-bond acceptors (Lipinski definition) is 3. The van der Waals surface area contributed by atoms with Gasteiger partial charge >= 0.3 is 0 Å². The third-order valence-electron chi connectivity index (χ3n) is 4.40. The van der Waals surface area contributed by atoms with E-state index in [4.69, 9.17) is 4.74 Å². The summed E-state index contributed by atoms with van der Waals surface area (Å²) in [5.41, 5.74) is 0. The highest BCUT2D eigenvalue weighted by atomic mass is 16.5. The summed E-state index contributed by atoms with van der Waals surface area (Å²) in [4.78, 5) is 2.72. The molecule has 1 saturated carbocycles. The summed E-state index contributed by atoms with van der Waals surface area (Å²) in [6, 6.07) is 1.53. The first-order valence-electron chi connectivity index (χ1n) is 7.92. The Morgan fingerprint density at radius 1 is 1.28 bits per heavy atom. The summed E-state index contributed by atoms with van der Waals surface area (Å²) in [7, 11) is 0. The minimum absolute atomic E-state index is 0.542. The lowest BCUT2D eigenvalue weighted by Crippen LogP contribution is -2.51. The van der Waals surface area contributed by atoms with Gasteiger partial charge in [0.1, 0.15) is 0 Å². The van der Waals surface area contributed by atoms with Crippen LogP contribution in [-0.2, 0) is 4.74 Å². The summed E-state index contributed by atoms with van der Waals surface area (Å²) < 4.78 is 5.69. The third-order valence-corrected chi connectivity index (χ3v) is 4.40. The summed E-state index contributed by atoms with van der Waals surface area (Å²) in [6.45, 7) is 9.01. The first-order valence-corrected chi connectivity index (χ1v) is 7.92. The molecule has 1 heterocycles. The predicted octanol–water partition coefficient (Wildman–Crippen LogP) is 2.41. The zero-order chi connectivity index (χ0) is 12.8. The van der Waals surface area contributed by atoms with Crippen LogP contribution in [0.3, 0.4) is 0 Å². The molecule has 1 N–H and O–H groups in total. The Morgan fingerprint density at radius 3 is 2.72 bits per heavy atom. The summed E-state index contributed by atoms with van der Waals surface area (Å²) in [5.74, 6) is 0. The topological polar surface area (TPSA) is 24.5 Å². The molecule has 1 aliphatic heterocycles. The summed E-state index contributed by atoms with van der Waals surface area (Å²) in [5, 5.41) is 3.63. The van der Waals surface area contributed by atoms with Gasteiger partial charge in [-0.15, -0.1) is 0 Å². The van der Waals surface area contributed by atoms with Crippen LogP contribution in [0.25, 0.3) is 0 Å². The Kier molecular flexibility index (Phi) is 5.93. The molecule has 0 radical (unpaired) electrons. The van der Waals surface area contributed by atoms with Crippen LogP contribution >= 0.6 is 0 Å². The smallest absolute Gasteiger partial charge is 0.0604 e. The molecule has 1 aliphatic carbocycles. The molecule has 0 aromatic carbocycles. The van der Waals surface area contributed by atoms with Gasteiger partial charge in [0.2, 0.25) is 0 Å². The first kappa shape index (κ1) is 14.3. The summed E-state index contributed by atoms with van der Waals surface area (Å²) >= 11 is 0. The molecule has 0 bridgehead atoms. The molecule has 1 saturated heterocycles. The van der Waals surface area contributed by atoms with Crippen LogP contribution < -0.4 is 5.32 Å². The highest BCUT2D eigenvalue weighted by molar-refractivity contribution is 4.90. The Balaban J connectivity index is 1.74. The third kappa shape index (κ3) is 3.94. The molecule has 106 valence electrons. The molecule has 1 unspecified atom stereocenters. The van der Waals surface area contributed by atoms with Crippen LogP contribution in [0.2, 0.25) is 0 Å². The van der Waals surface area contributed by atoms with E-state index in [9.17, 15) is 0 Å². The molecule has 3 heteroatoms. The number of hydrogen-bond donors (Lipinski definition) is 1. The number of unbranched alkanes of at least 4 members (excludes halogenated alkanes) is 1. The maximum absolute atomic E-state index is 5.69.